The molecule has 0 saturated carbocycles. The van der Waals surface area contributed by atoms with E-state index in [-0.39, 0.29) is 18.0 Å². The molecule has 0 aliphatic carbocycles. The number of benzene rings is 1. The minimum absolute atomic E-state index is 0.0767. The van der Waals surface area contributed by atoms with Crippen LogP contribution >= 0.6 is 0 Å². The largest absolute Gasteiger partial charge is 0.450 e. The van der Waals surface area contributed by atoms with E-state index >= 15 is 0 Å². The zero-order valence-electron chi connectivity index (χ0n) is 21.2. The van der Waals surface area contributed by atoms with Crippen LogP contribution < -0.4 is 21.7 Å². The highest BCUT2D eigenvalue weighted by molar-refractivity contribution is 5.97. The lowest BCUT2D eigenvalue weighted by Gasteiger charge is -2.26. The minimum Gasteiger partial charge on any atom is -0.450 e. The fourth-order valence-electron chi connectivity index (χ4n) is 4.45. The Hall–Kier alpha value is -3.92. The maximum atomic E-state index is 12.5. The highest BCUT2D eigenvalue weighted by Gasteiger charge is 2.20. The predicted molar refractivity (Wildman–Crippen MR) is 145 cm³/mol. The van der Waals surface area contributed by atoms with Gasteiger partial charge in [0.15, 0.2) is 11.8 Å². The molecule has 2 amide bonds. The van der Waals surface area contributed by atoms with Crippen molar-refractivity contribution in [2.45, 2.75) is 26.2 Å². The van der Waals surface area contributed by atoms with Crippen LogP contribution in [0.3, 0.4) is 0 Å². The minimum atomic E-state index is -0.305. The monoisotopic (exact) mass is 505 g/mol. The molecule has 1 aromatic heterocycles. The average Bonchev–Trinajstić information content (AvgIpc) is 2.93. The van der Waals surface area contributed by atoms with Crippen LogP contribution in [0.1, 0.15) is 42.1 Å². The zero-order valence-corrected chi connectivity index (χ0v) is 21.2. The second kappa shape index (κ2) is 12.9. The van der Waals surface area contributed by atoms with Gasteiger partial charge in [-0.1, -0.05) is 6.08 Å². The molecule has 2 aliphatic heterocycles. The Morgan fingerprint density at radius 3 is 2.70 bits per heavy atom. The SMILES string of the molecule is CCOC(=O)N1CC=C(c2cccnc2N=C(N)Nc2ccc(C(=O)NCC3CCNCC3)cc2)CC1. The first-order valence-corrected chi connectivity index (χ1v) is 12.8. The van der Waals surface area contributed by atoms with Gasteiger partial charge in [0.25, 0.3) is 5.91 Å². The van der Waals surface area contributed by atoms with Crippen LogP contribution in [-0.4, -0.2) is 67.2 Å². The molecule has 0 spiro atoms. The number of anilines is 1. The van der Waals surface area contributed by atoms with E-state index in [2.05, 4.69) is 25.9 Å². The summed E-state index contributed by atoms with van der Waals surface area (Å²) in [6.45, 7) is 5.90. The third kappa shape index (κ3) is 7.29. The van der Waals surface area contributed by atoms with Gasteiger partial charge in [0.1, 0.15) is 0 Å². The van der Waals surface area contributed by atoms with Crippen LogP contribution in [0.2, 0.25) is 0 Å². The number of amides is 2. The van der Waals surface area contributed by atoms with E-state index in [0.29, 0.717) is 50.0 Å². The summed E-state index contributed by atoms with van der Waals surface area (Å²) in [7, 11) is 0. The summed E-state index contributed by atoms with van der Waals surface area (Å²) < 4.78 is 5.09. The summed E-state index contributed by atoms with van der Waals surface area (Å²) in [4.78, 5) is 35.0. The normalized spacial score (nSPS) is 16.6. The van der Waals surface area contributed by atoms with Gasteiger partial charge in [-0.15, -0.1) is 0 Å². The number of piperidine rings is 1. The fourth-order valence-corrected chi connectivity index (χ4v) is 4.45. The van der Waals surface area contributed by atoms with E-state index in [1.165, 1.54) is 0 Å². The third-order valence-electron chi connectivity index (χ3n) is 6.52. The van der Waals surface area contributed by atoms with Gasteiger partial charge in [-0.2, -0.15) is 4.99 Å². The molecule has 1 saturated heterocycles. The topological polar surface area (TPSA) is 134 Å². The van der Waals surface area contributed by atoms with E-state index < -0.39 is 0 Å². The van der Waals surface area contributed by atoms with Crippen LogP contribution in [0.5, 0.6) is 0 Å². The van der Waals surface area contributed by atoms with E-state index in [1.807, 2.05) is 18.2 Å². The number of nitrogens with two attached hydrogens (primary N) is 1. The molecule has 0 atom stereocenters. The van der Waals surface area contributed by atoms with Crippen LogP contribution in [-0.2, 0) is 4.74 Å². The standard InChI is InChI=1S/C27H35N7O3/c1-2-37-27(36)34-16-11-20(12-17-34)23-4-3-13-30-24(23)33-26(28)32-22-7-5-21(6-8-22)25(35)31-18-19-9-14-29-15-10-19/h3-8,11,13,19,29H,2,9-10,12,14-18H2,1H3,(H,31,35)(H3,28,30,32,33). The van der Waals surface area contributed by atoms with Crippen molar-refractivity contribution in [3.05, 3.63) is 59.8 Å². The molecule has 2 aliphatic rings. The number of pyridine rings is 1. The van der Waals surface area contributed by atoms with Crippen molar-refractivity contribution in [3.8, 4) is 0 Å². The summed E-state index contributed by atoms with van der Waals surface area (Å²) in [5, 5.41) is 9.44. The molecule has 10 heteroatoms. The molecule has 2 aromatic rings. The van der Waals surface area contributed by atoms with E-state index in [0.717, 1.165) is 42.8 Å². The number of carbonyl (C=O) groups excluding carboxylic acids is 2. The van der Waals surface area contributed by atoms with Crippen LogP contribution in [0.4, 0.5) is 16.3 Å². The van der Waals surface area contributed by atoms with E-state index in [1.54, 1.807) is 42.3 Å². The summed E-state index contributed by atoms with van der Waals surface area (Å²) >= 11 is 0. The summed E-state index contributed by atoms with van der Waals surface area (Å²) in [6.07, 6.45) is 6.20. The second-order valence-corrected chi connectivity index (χ2v) is 9.10. The first kappa shape index (κ1) is 26.2. The van der Waals surface area contributed by atoms with Gasteiger partial charge in [-0.25, -0.2) is 9.78 Å². The number of aliphatic imine (C=N–C) groups is 1. The number of nitrogens with one attached hydrogen (secondary N) is 3. The van der Waals surface area contributed by atoms with Crippen molar-refractivity contribution in [2.75, 3.05) is 44.6 Å². The number of aromatic nitrogens is 1. The van der Waals surface area contributed by atoms with Crippen molar-refractivity contribution < 1.29 is 14.3 Å². The fraction of sp³-hybridized carbons (Fsp3) is 0.407. The molecule has 1 aromatic carbocycles. The molecule has 196 valence electrons. The van der Waals surface area contributed by atoms with Crippen LogP contribution in [0, 0.1) is 5.92 Å². The average molecular weight is 506 g/mol. The Kier molecular flexibility index (Phi) is 9.09. The van der Waals surface area contributed by atoms with Crippen molar-refractivity contribution in [3.63, 3.8) is 0 Å². The Morgan fingerprint density at radius 2 is 2.00 bits per heavy atom. The molecule has 4 rings (SSSR count). The lowest BCUT2D eigenvalue weighted by Crippen LogP contribution is -2.35. The molecule has 0 radical (unpaired) electrons. The van der Waals surface area contributed by atoms with Crippen molar-refractivity contribution in [2.24, 2.45) is 16.6 Å². The zero-order chi connectivity index (χ0) is 26.0. The van der Waals surface area contributed by atoms with Gasteiger partial charge in [0, 0.05) is 42.6 Å². The first-order valence-electron chi connectivity index (χ1n) is 12.8. The van der Waals surface area contributed by atoms with E-state index in [9.17, 15) is 9.59 Å². The molecule has 0 unspecified atom stereocenters. The van der Waals surface area contributed by atoms with Crippen LogP contribution in [0.15, 0.2) is 53.7 Å². The van der Waals surface area contributed by atoms with Crippen molar-refractivity contribution in [1.29, 1.82) is 0 Å². The lowest BCUT2D eigenvalue weighted by atomic mass is 9.98. The Labute approximate surface area is 217 Å². The number of hydrogen-bond donors (Lipinski definition) is 4. The molecular formula is C27H35N7O3. The highest BCUT2D eigenvalue weighted by atomic mass is 16.6. The second-order valence-electron chi connectivity index (χ2n) is 9.10. The van der Waals surface area contributed by atoms with Gasteiger partial charge < -0.3 is 31.3 Å². The number of guanidine groups is 1. The van der Waals surface area contributed by atoms with Crippen molar-refractivity contribution >= 4 is 35.0 Å². The molecule has 1 fully saturated rings. The highest BCUT2D eigenvalue weighted by Crippen LogP contribution is 2.29. The first-order chi connectivity index (χ1) is 18.0. The number of hydrogen-bond acceptors (Lipinski definition) is 6. The predicted octanol–water partition coefficient (Wildman–Crippen LogP) is 3.11. The summed E-state index contributed by atoms with van der Waals surface area (Å²) in [5.74, 6) is 1.14. The molecular weight excluding hydrogens is 470 g/mol. The Morgan fingerprint density at radius 1 is 1.22 bits per heavy atom. The maximum Gasteiger partial charge on any atom is 0.410 e. The Balaban J connectivity index is 1.36. The van der Waals surface area contributed by atoms with Crippen molar-refractivity contribution in [1.82, 2.24) is 20.5 Å². The molecule has 5 N–H and O–H groups in total. The number of ether oxygens (including phenoxy) is 1. The lowest BCUT2D eigenvalue weighted by molar-refractivity contribution is 0.0944. The van der Waals surface area contributed by atoms with Gasteiger partial charge in [0.2, 0.25) is 0 Å². The smallest absolute Gasteiger partial charge is 0.410 e. The van der Waals surface area contributed by atoms with Gasteiger partial charge in [-0.3, -0.25) is 4.79 Å². The number of carbonyl (C=O) groups is 2. The van der Waals surface area contributed by atoms with Gasteiger partial charge >= 0.3 is 6.09 Å². The Bertz CT molecular complexity index is 1140. The quantitative estimate of drug-likeness (QED) is 0.336. The number of rotatable bonds is 7. The molecule has 3 heterocycles. The molecule has 0 bridgehead atoms. The molecule has 10 nitrogen and oxygen atoms in total. The van der Waals surface area contributed by atoms with Gasteiger partial charge in [0.05, 0.1) is 6.61 Å². The third-order valence-corrected chi connectivity index (χ3v) is 6.52. The van der Waals surface area contributed by atoms with E-state index in [4.69, 9.17) is 10.5 Å². The summed E-state index contributed by atoms with van der Waals surface area (Å²) in [6, 6.07) is 10.9. The number of nitrogens with zero attached hydrogens (tertiary/aromatic N) is 3. The maximum absolute atomic E-state index is 12.5. The van der Waals surface area contributed by atoms with Gasteiger partial charge in [-0.05, 0) is 87.2 Å². The summed E-state index contributed by atoms with van der Waals surface area (Å²) in [5.41, 5.74) is 9.43. The van der Waals surface area contributed by atoms with Crippen LogP contribution in [0.25, 0.3) is 5.57 Å². The molecule has 37 heavy (non-hydrogen) atoms.